The van der Waals surface area contributed by atoms with E-state index in [9.17, 15) is 8.42 Å². The maximum atomic E-state index is 12.3. The highest BCUT2D eigenvalue weighted by Gasteiger charge is 2.50. The molecule has 5 nitrogen and oxygen atoms in total. The Labute approximate surface area is 149 Å². The van der Waals surface area contributed by atoms with Gasteiger partial charge in [0.25, 0.3) is 0 Å². The van der Waals surface area contributed by atoms with Crippen molar-refractivity contribution in [3.63, 3.8) is 0 Å². The molecule has 1 aromatic heterocycles. The Kier molecular flexibility index (Phi) is 4.35. The lowest BCUT2D eigenvalue weighted by molar-refractivity contribution is 0.261. The summed E-state index contributed by atoms with van der Waals surface area (Å²) in [6, 6.07) is 14.1. The summed E-state index contributed by atoms with van der Waals surface area (Å²) in [7, 11) is -3.21. The van der Waals surface area contributed by atoms with E-state index in [4.69, 9.17) is 0 Å². The standard InChI is InChI=1S/C19H23N3O2S/c1-25(23,24)22-13-17-12-21(11-15-7-9-20-10-8-15)14-18(17)19(22)16-5-3-2-4-6-16/h2-10,17-19H,11-14H2,1H3/t17-,18-,19+/m1/s1. The van der Waals surface area contributed by atoms with Crippen LogP contribution in [0.15, 0.2) is 54.9 Å². The number of hydrogen-bond acceptors (Lipinski definition) is 4. The number of hydrogen-bond donors (Lipinski definition) is 0. The number of pyridine rings is 1. The second kappa shape index (κ2) is 6.52. The Balaban J connectivity index is 1.58. The SMILES string of the molecule is CS(=O)(=O)N1C[C@H]2CN(Cc3ccncc3)C[C@H]2[C@@H]1c1ccccc1. The van der Waals surface area contributed by atoms with Crippen LogP contribution < -0.4 is 0 Å². The molecule has 2 aliphatic rings. The van der Waals surface area contributed by atoms with Crippen molar-refractivity contribution in [3.05, 3.63) is 66.0 Å². The van der Waals surface area contributed by atoms with Gasteiger partial charge in [-0.1, -0.05) is 30.3 Å². The molecular formula is C19H23N3O2S. The maximum Gasteiger partial charge on any atom is 0.211 e. The molecule has 3 heterocycles. The Morgan fingerprint density at radius 1 is 1.04 bits per heavy atom. The minimum Gasteiger partial charge on any atom is -0.298 e. The van der Waals surface area contributed by atoms with Gasteiger partial charge >= 0.3 is 0 Å². The molecule has 2 aromatic rings. The summed E-state index contributed by atoms with van der Waals surface area (Å²) in [6.45, 7) is 3.40. The van der Waals surface area contributed by atoms with Gasteiger partial charge in [-0.2, -0.15) is 4.31 Å². The van der Waals surface area contributed by atoms with Crippen LogP contribution in [0.5, 0.6) is 0 Å². The smallest absolute Gasteiger partial charge is 0.211 e. The lowest BCUT2D eigenvalue weighted by Crippen LogP contribution is -2.34. The summed E-state index contributed by atoms with van der Waals surface area (Å²) in [4.78, 5) is 6.52. The fourth-order valence-electron chi connectivity index (χ4n) is 4.38. The monoisotopic (exact) mass is 357 g/mol. The fourth-order valence-corrected chi connectivity index (χ4v) is 5.53. The molecule has 0 spiro atoms. The Bertz CT molecular complexity index is 826. The third-order valence-electron chi connectivity index (χ3n) is 5.42. The summed E-state index contributed by atoms with van der Waals surface area (Å²) in [5.41, 5.74) is 2.36. The van der Waals surface area contributed by atoms with Gasteiger partial charge in [-0.3, -0.25) is 9.88 Å². The fraction of sp³-hybridized carbons (Fsp3) is 0.421. The molecule has 2 aliphatic heterocycles. The first-order valence-corrected chi connectivity index (χ1v) is 10.5. The molecule has 1 aromatic carbocycles. The van der Waals surface area contributed by atoms with Gasteiger partial charge in [0.1, 0.15) is 0 Å². The quantitative estimate of drug-likeness (QED) is 0.841. The van der Waals surface area contributed by atoms with Crippen molar-refractivity contribution in [3.8, 4) is 0 Å². The number of fused-ring (bicyclic) bond motifs is 1. The molecule has 0 unspecified atom stereocenters. The number of sulfonamides is 1. The Hall–Kier alpha value is -1.76. The van der Waals surface area contributed by atoms with Crippen LogP contribution in [-0.4, -0.2) is 48.5 Å². The molecular weight excluding hydrogens is 334 g/mol. The summed E-state index contributed by atoms with van der Waals surface area (Å²) in [6.07, 6.45) is 4.98. The second-order valence-corrected chi connectivity index (χ2v) is 9.10. The van der Waals surface area contributed by atoms with Crippen molar-refractivity contribution in [1.29, 1.82) is 0 Å². The van der Waals surface area contributed by atoms with Crippen molar-refractivity contribution < 1.29 is 8.42 Å². The van der Waals surface area contributed by atoms with E-state index < -0.39 is 10.0 Å². The molecule has 4 rings (SSSR count). The van der Waals surface area contributed by atoms with Crippen LogP contribution in [-0.2, 0) is 16.6 Å². The van der Waals surface area contributed by atoms with E-state index in [1.165, 1.54) is 11.8 Å². The molecule has 0 saturated carbocycles. The first-order valence-electron chi connectivity index (χ1n) is 8.65. The van der Waals surface area contributed by atoms with E-state index in [-0.39, 0.29) is 6.04 Å². The highest BCUT2D eigenvalue weighted by molar-refractivity contribution is 7.88. The molecule has 0 aliphatic carbocycles. The van der Waals surface area contributed by atoms with Crippen LogP contribution in [0.25, 0.3) is 0 Å². The normalized spacial score (nSPS) is 27.5. The number of aromatic nitrogens is 1. The van der Waals surface area contributed by atoms with Gasteiger partial charge in [-0.25, -0.2) is 8.42 Å². The van der Waals surface area contributed by atoms with E-state index in [0.29, 0.717) is 18.4 Å². The number of likely N-dealkylation sites (tertiary alicyclic amines) is 1. The largest absolute Gasteiger partial charge is 0.298 e. The van der Waals surface area contributed by atoms with E-state index in [1.807, 2.05) is 42.7 Å². The van der Waals surface area contributed by atoms with Crippen LogP contribution in [0.1, 0.15) is 17.2 Å². The summed E-state index contributed by atoms with van der Waals surface area (Å²) in [5, 5.41) is 0. The van der Waals surface area contributed by atoms with Crippen molar-refractivity contribution in [2.45, 2.75) is 12.6 Å². The van der Waals surface area contributed by atoms with Crippen LogP contribution in [0.4, 0.5) is 0 Å². The lowest BCUT2D eigenvalue weighted by atomic mass is 9.90. The molecule has 0 radical (unpaired) electrons. The Morgan fingerprint density at radius 2 is 1.76 bits per heavy atom. The third-order valence-corrected chi connectivity index (χ3v) is 6.65. The van der Waals surface area contributed by atoms with Crippen LogP contribution in [0.3, 0.4) is 0 Å². The lowest BCUT2D eigenvalue weighted by Gasteiger charge is -2.28. The summed E-state index contributed by atoms with van der Waals surface area (Å²) < 4.78 is 26.4. The minimum absolute atomic E-state index is 0.0522. The highest BCUT2D eigenvalue weighted by Crippen LogP contribution is 2.46. The molecule has 2 saturated heterocycles. The molecule has 0 N–H and O–H groups in total. The second-order valence-electron chi connectivity index (χ2n) is 7.16. The zero-order valence-electron chi connectivity index (χ0n) is 14.3. The van der Waals surface area contributed by atoms with Gasteiger partial charge < -0.3 is 0 Å². The summed E-state index contributed by atoms with van der Waals surface area (Å²) >= 11 is 0. The average molecular weight is 357 g/mol. The van der Waals surface area contributed by atoms with Gasteiger partial charge in [0, 0.05) is 38.6 Å². The maximum absolute atomic E-state index is 12.3. The molecule has 0 amide bonds. The third kappa shape index (κ3) is 3.34. The van der Waals surface area contributed by atoms with Gasteiger partial charge in [-0.15, -0.1) is 0 Å². The van der Waals surface area contributed by atoms with E-state index >= 15 is 0 Å². The predicted octanol–water partition coefficient (Wildman–Crippen LogP) is 2.15. The zero-order chi connectivity index (χ0) is 17.4. The molecule has 2 fully saturated rings. The summed E-state index contributed by atoms with van der Waals surface area (Å²) in [5.74, 6) is 0.737. The van der Waals surface area contributed by atoms with Crippen molar-refractivity contribution >= 4 is 10.0 Å². The Morgan fingerprint density at radius 3 is 2.44 bits per heavy atom. The molecule has 25 heavy (non-hydrogen) atoms. The van der Waals surface area contributed by atoms with Crippen LogP contribution in [0.2, 0.25) is 0 Å². The van der Waals surface area contributed by atoms with Gasteiger partial charge in [0.05, 0.1) is 12.3 Å². The number of benzene rings is 1. The zero-order valence-corrected chi connectivity index (χ0v) is 15.1. The van der Waals surface area contributed by atoms with Crippen LogP contribution in [0, 0.1) is 11.8 Å². The topological polar surface area (TPSA) is 53.5 Å². The van der Waals surface area contributed by atoms with E-state index in [2.05, 4.69) is 22.0 Å². The average Bonchev–Trinajstić information content (AvgIpc) is 3.13. The van der Waals surface area contributed by atoms with Crippen molar-refractivity contribution in [2.24, 2.45) is 11.8 Å². The first kappa shape index (κ1) is 16.7. The van der Waals surface area contributed by atoms with Gasteiger partial charge in [0.15, 0.2) is 0 Å². The van der Waals surface area contributed by atoms with Crippen LogP contribution >= 0.6 is 0 Å². The molecule has 0 bridgehead atoms. The predicted molar refractivity (Wildman–Crippen MR) is 97.2 cm³/mol. The van der Waals surface area contributed by atoms with Crippen molar-refractivity contribution in [2.75, 3.05) is 25.9 Å². The van der Waals surface area contributed by atoms with Gasteiger partial charge in [0.2, 0.25) is 10.0 Å². The molecule has 132 valence electrons. The van der Waals surface area contributed by atoms with Gasteiger partial charge in [-0.05, 0) is 35.1 Å². The molecule has 6 heteroatoms. The van der Waals surface area contributed by atoms with E-state index in [1.54, 1.807) is 4.31 Å². The minimum atomic E-state index is -3.21. The molecule has 3 atom stereocenters. The number of rotatable bonds is 4. The van der Waals surface area contributed by atoms with E-state index in [0.717, 1.165) is 25.2 Å². The van der Waals surface area contributed by atoms with Crippen molar-refractivity contribution in [1.82, 2.24) is 14.2 Å². The highest BCUT2D eigenvalue weighted by atomic mass is 32.2. The first-order chi connectivity index (χ1) is 12.0. The number of nitrogens with zero attached hydrogens (tertiary/aromatic N) is 3.